The number of carbonyl (C=O) groups is 1. The highest BCUT2D eigenvalue weighted by Gasteiger charge is 2.12. The van der Waals surface area contributed by atoms with Crippen LogP contribution in [-0.4, -0.2) is 27.2 Å². The second-order valence-electron chi connectivity index (χ2n) is 6.19. The highest BCUT2D eigenvalue weighted by atomic mass is 79.9. The minimum Gasteiger partial charge on any atom is -0.361 e. The van der Waals surface area contributed by atoms with Gasteiger partial charge in [-0.1, -0.05) is 29.8 Å². The molecule has 2 N–H and O–H groups in total. The Labute approximate surface area is 154 Å². The lowest BCUT2D eigenvalue weighted by atomic mass is 10.0. The highest BCUT2D eigenvalue weighted by Crippen LogP contribution is 2.28. The van der Waals surface area contributed by atoms with Gasteiger partial charge in [0.15, 0.2) is 5.82 Å². The van der Waals surface area contributed by atoms with E-state index in [-0.39, 0.29) is 18.4 Å². The van der Waals surface area contributed by atoms with Gasteiger partial charge in [-0.05, 0) is 35.7 Å². The van der Waals surface area contributed by atoms with Crippen molar-refractivity contribution in [2.75, 3.05) is 17.2 Å². The molecule has 0 spiro atoms. The lowest BCUT2D eigenvalue weighted by Gasteiger charge is -2.15. The van der Waals surface area contributed by atoms with Gasteiger partial charge < -0.3 is 10.6 Å². The molecule has 0 fully saturated rings. The average molecular weight is 402 g/mol. The highest BCUT2D eigenvalue weighted by molar-refractivity contribution is 9.10. The first kappa shape index (κ1) is 17.4. The SMILES string of the molecule is CC(C)c1cc2cc(Br)ccc2nc1NCC(=O)Nc1ccn(C)n1. The molecule has 7 heteroatoms. The molecule has 1 aromatic carbocycles. The third-order valence-corrected chi connectivity index (χ3v) is 4.32. The maximum absolute atomic E-state index is 12.1. The maximum atomic E-state index is 12.1. The first-order valence-corrected chi connectivity index (χ1v) is 8.85. The zero-order valence-corrected chi connectivity index (χ0v) is 16.0. The average Bonchev–Trinajstić information content (AvgIpc) is 2.96. The molecule has 0 bridgehead atoms. The minimum atomic E-state index is -0.161. The molecule has 130 valence electrons. The third-order valence-electron chi connectivity index (χ3n) is 3.83. The number of rotatable bonds is 5. The van der Waals surface area contributed by atoms with Crippen molar-refractivity contribution in [2.45, 2.75) is 19.8 Å². The van der Waals surface area contributed by atoms with Gasteiger partial charge in [0.25, 0.3) is 0 Å². The second kappa shape index (κ2) is 7.23. The summed E-state index contributed by atoms with van der Waals surface area (Å²) in [4.78, 5) is 16.8. The summed E-state index contributed by atoms with van der Waals surface area (Å²) in [6, 6.07) is 9.84. The fraction of sp³-hybridized carbons (Fsp3) is 0.278. The van der Waals surface area contributed by atoms with Crippen LogP contribution in [0.1, 0.15) is 25.3 Å². The molecule has 6 nitrogen and oxygen atoms in total. The van der Waals surface area contributed by atoms with Crippen LogP contribution < -0.4 is 10.6 Å². The van der Waals surface area contributed by atoms with Gasteiger partial charge in [-0.2, -0.15) is 5.10 Å². The van der Waals surface area contributed by atoms with E-state index in [4.69, 9.17) is 0 Å². The standard InChI is InChI=1S/C18H20BrN5O/c1-11(2)14-9-12-8-13(19)4-5-15(12)21-18(14)20-10-17(25)22-16-6-7-24(3)23-16/h4-9,11H,10H2,1-3H3,(H,20,21)(H,22,23,25). The Balaban J connectivity index is 1.78. The van der Waals surface area contributed by atoms with Crippen LogP contribution >= 0.6 is 15.9 Å². The van der Waals surface area contributed by atoms with Gasteiger partial charge in [-0.15, -0.1) is 0 Å². The van der Waals surface area contributed by atoms with E-state index < -0.39 is 0 Å². The minimum absolute atomic E-state index is 0.130. The number of hydrogen-bond donors (Lipinski definition) is 2. The van der Waals surface area contributed by atoms with Crippen LogP contribution in [0.5, 0.6) is 0 Å². The number of nitrogens with one attached hydrogen (secondary N) is 2. The number of benzene rings is 1. The summed E-state index contributed by atoms with van der Waals surface area (Å²) in [6.45, 7) is 4.35. The van der Waals surface area contributed by atoms with Crippen molar-refractivity contribution in [2.24, 2.45) is 7.05 Å². The number of nitrogens with zero attached hydrogens (tertiary/aromatic N) is 3. The molecule has 3 aromatic rings. The lowest BCUT2D eigenvalue weighted by molar-refractivity contribution is -0.114. The monoisotopic (exact) mass is 401 g/mol. The number of fused-ring (bicyclic) bond motifs is 1. The first-order chi connectivity index (χ1) is 11.9. The predicted molar refractivity (Wildman–Crippen MR) is 104 cm³/mol. The van der Waals surface area contributed by atoms with Gasteiger partial charge in [0, 0.05) is 29.2 Å². The van der Waals surface area contributed by atoms with Gasteiger partial charge in [-0.25, -0.2) is 4.98 Å². The Morgan fingerprint density at radius 1 is 1.28 bits per heavy atom. The molecule has 25 heavy (non-hydrogen) atoms. The van der Waals surface area contributed by atoms with Crippen LogP contribution in [-0.2, 0) is 11.8 Å². The van der Waals surface area contributed by atoms with E-state index in [0.717, 1.165) is 26.8 Å². The Morgan fingerprint density at radius 2 is 2.08 bits per heavy atom. The molecular formula is C18H20BrN5O. The smallest absolute Gasteiger partial charge is 0.244 e. The van der Waals surface area contributed by atoms with Crippen molar-refractivity contribution in [3.05, 3.63) is 46.6 Å². The summed E-state index contributed by atoms with van der Waals surface area (Å²) in [5.41, 5.74) is 1.97. The quantitative estimate of drug-likeness (QED) is 0.679. The summed E-state index contributed by atoms with van der Waals surface area (Å²) in [5.74, 6) is 1.40. The fourth-order valence-electron chi connectivity index (χ4n) is 2.58. The summed E-state index contributed by atoms with van der Waals surface area (Å²) in [7, 11) is 1.81. The van der Waals surface area contributed by atoms with Crippen LogP contribution in [0.25, 0.3) is 10.9 Å². The van der Waals surface area contributed by atoms with Crippen molar-refractivity contribution in [3.8, 4) is 0 Å². The molecule has 0 unspecified atom stereocenters. The first-order valence-electron chi connectivity index (χ1n) is 8.06. The van der Waals surface area contributed by atoms with Gasteiger partial charge in [0.05, 0.1) is 12.1 Å². The number of aromatic nitrogens is 3. The van der Waals surface area contributed by atoms with Crippen molar-refractivity contribution in [3.63, 3.8) is 0 Å². The van der Waals surface area contributed by atoms with E-state index in [2.05, 4.69) is 56.6 Å². The summed E-state index contributed by atoms with van der Waals surface area (Å²) in [5, 5.41) is 11.1. The number of halogens is 1. The molecule has 2 heterocycles. The van der Waals surface area contributed by atoms with E-state index in [9.17, 15) is 4.79 Å². The molecule has 1 amide bonds. The predicted octanol–water partition coefficient (Wildman–Crippen LogP) is 3.90. The largest absolute Gasteiger partial charge is 0.361 e. The second-order valence-corrected chi connectivity index (χ2v) is 7.11. The van der Waals surface area contributed by atoms with Crippen LogP contribution in [0.4, 0.5) is 11.6 Å². The molecule has 0 radical (unpaired) electrons. The number of aryl methyl sites for hydroxylation is 1. The van der Waals surface area contributed by atoms with E-state index in [1.807, 2.05) is 18.2 Å². The zero-order valence-electron chi connectivity index (χ0n) is 14.4. The Kier molecular flexibility index (Phi) is 5.03. The molecule has 0 aliphatic heterocycles. The van der Waals surface area contributed by atoms with Gasteiger partial charge in [0.2, 0.25) is 5.91 Å². The van der Waals surface area contributed by atoms with E-state index in [1.54, 1.807) is 24.0 Å². The Bertz CT molecular complexity index is 919. The normalized spacial score (nSPS) is 11.1. The van der Waals surface area contributed by atoms with Crippen LogP contribution in [0.3, 0.4) is 0 Å². The fourth-order valence-corrected chi connectivity index (χ4v) is 2.96. The van der Waals surface area contributed by atoms with Crippen LogP contribution in [0.2, 0.25) is 0 Å². The Hall–Kier alpha value is -2.41. The maximum Gasteiger partial charge on any atom is 0.244 e. The Morgan fingerprint density at radius 3 is 2.76 bits per heavy atom. The van der Waals surface area contributed by atoms with Gasteiger partial charge >= 0.3 is 0 Å². The summed E-state index contributed by atoms with van der Waals surface area (Å²) in [6.07, 6.45) is 1.78. The molecular weight excluding hydrogens is 382 g/mol. The van der Waals surface area contributed by atoms with Crippen LogP contribution in [0.15, 0.2) is 41.0 Å². The topological polar surface area (TPSA) is 71.8 Å². The lowest BCUT2D eigenvalue weighted by Crippen LogP contribution is -2.23. The number of anilines is 2. The van der Waals surface area contributed by atoms with Gasteiger partial charge in [-0.3, -0.25) is 9.48 Å². The molecule has 0 atom stereocenters. The van der Waals surface area contributed by atoms with Gasteiger partial charge in [0.1, 0.15) is 5.82 Å². The van der Waals surface area contributed by atoms with Crippen molar-refractivity contribution < 1.29 is 4.79 Å². The van der Waals surface area contributed by atoms with Crippen LogP contribution in [0, 0.1) is 0 Å². The number of amides is 1. The van der Waals surface area contributed by atoms with Crippen molar-refractivity contribution in [1.29, 1.82) is 0 Å². The van der Waals surface area contributed by atoms with Crippen molar-refractivity contribution >= 4 is 44.4 Å². The van der Waals surface area contributed by atoms with E-state index in [0.29, 0.717) is 5.82 Å². The molecule has 0 saturated carbocycles. The van der Waals surface area contributed by atoms with E-state index >= 15 is 0 Å². The third kappa shape index (κ3) is 4.17. The summed E-state index contributed by atoms with van der Waals surface area (Å²) >= 11 is 3.49. The summed E-state index contributed by atoms with van der Waals surface area (Å²) < 4.78 is 2.66. The van der Waals surface area contributed by atoms with Crippen molar-refractivity contribution in [1.82, 2.24) is 14.8 Å². The molecule has 0 saturated heterocycles. The zero-order chi connectivity index (χ0) is 18.0. The molecule has 0 aliphatic rings. The molecule has 3 rings (SSSR count). The number of hydrogen-bond acceptors (Lipinski definition) is 4. The molecule has 2 aromatic heterocycles. The molecule has 0 aliphatic carbocycles. The number of pyridine rings is 1. The van der Waals surface area contributed by atoms with E-state index in [1.165, 1.54) is 0 Å². The number of carbonyl (C=O) groups excluding carboxylic acids is 1.